The maximum atomic E-state index is 11.8. The Balaban J connectivity index is 3.02. The highest BCUT2D eigenvalue weighted by Gasteiger charge is 2.19. The van der Waals surface area contributed by atoms with Crippen LogP contribution in [0.1, 0.15) is 36.7 Å². The SMILES string of the molecule is Cc1cc(C(=O)OC(C)(C)C)cc(Br)c1Br. The third kappa shape index (κ3) is 3.59. The Labute approximate surface area is 113 Å². The maximum Gasteiger partial charge on any atom is 0.338 e. The van der Waals surface area contributed by atoms with Crippen LogP contribution in [0.4, 0.5) is 0 Å². The third-order valence-electron chi connectivity index (χ3n) is 1.84. The molecule has 1 rings (SSSR count). The molecular weight excluding hydrogens is 336 g/mol. The Morgan fingerprint density at radius 3 is 2.25 bits per heavy atom. The molecule has 0 saturated carbocycles. The van der Waals surface area contributed by atoms with Gasteiger partial charge in [0.05, 0.1) is 5.56 Å². The second kappa shape index (κ2) is 4.88. The molecule has 0 radical (unpaired) electrons. The number of halogens is 2. The largest absolute Gasteiger partial charge is 0.456 e. The zero-order valence-electron chi connectivity index (χ0n) is 9.73. The molecule has 0 aromatic heterocycles. The van der Waals surface area contributed by atoms with E-state index in [1.807, 2.05) is 33.8 Å². The number of hydrogen-bond acceptors (Lipinski definition) is 2. The van der Waals surface area contributed by atoms with Gasteiger partial charge in [-0.25, -0.2) is 4.79 Å². The molecule has 0 aliphatic heterocycles. The fourth-order valence-corrected chi connectivity index (χ4v) is 1.97. The van der Waals surface area contributed by atoms with Crippen LogP contribution in [0.25, 0.3) is 0 Å². The van der Waals surface area contributed by atoms with Crippen LogP contribution in [0.3, 0.4) is 0 Å². The lowest BCUT2D eigenvalue weighted by Crippen LogP contribution is -2.23. The van der Waals surface area contributed by atoms with E-state index in [1.54, 1.807) is 6.07 Å². The van der Waals surface area contributed by atoms with E-state index in [4.69, 9.17) is 4.74 Å². The van der Waals surface area contributed by atoms with Crippen molar-refractivity contribution in [3.8, 4) is 0 Å². The molecule has 0 unspecified atom stereocenters. The molecule has 16 heavy (non-hydrogen) atoms. The van der Waals surface area contributed by atoms with Crippen LogP contribution >= 0.6 is 31.9 Å². The van der Waals surface area contributed by atoms with Crippen molar-refractivity contribution < 1.29 is 9.53 Å². The Kier molecular flexibility index (Phi) is 4.18. The number of esters is 1. The Bertz CT molecular complexity index is 397. The Morgan fingerprint density at radius 2 is 1.81 bits per heavy atom. The Hall–Kier alpha value is -0.350. The summed E-state index contributed by atoms with van der Waals surface area (Å²) in [6, 6.07) is 3.56. The molecule has 0 N–H and O–H groups in total. The van der Waals surface area contributed by atoms with Crippen LogP contribution in [0.5, 0.6) is 0 Å². The van der Waals surface area contributed by atoms with Gasteiger partial charge in [0.1, 0.15) is 5.60 Å². The molecule has 88 valence electrons. The van der Waals surface area contributed by atoms with Crippen molar-refractivity contribution in [3.63, 3.8) is 0 Å². The second-order valence-electron chi connectivity index (χ2n) is 4.59. The number of rotatable bonds is 1. The number of ether oxygens (including phenoxy) is 1. The summed E-state index contributed by atoms with van der Waals surface area (Å²) >= 11 is 6.81. The van der Waals surface area contributed by atoms with Crippen LogP contribution in [-0.4, -0.2) is 11.6 Å². The minimum atomic E-state index is -0.468. The lowest BCUT2D eigenvalue weighted by Gasteiger charge is -2.19. The molecule has 0 fully saturated rings. The first-order valence-corrected chi connectivity index (χ1v) is 6.48. The average molecular weight is 350 g/mol. The van der Waals surface area contributed by atoms with Crippen molar-refractivity contribution in [2.45, 2.75) is 33.3 Å². The van der Waals surface area contributed by atoms with Gasteiger partial charge in [0, 0.05) is 8.95 Å². The fraction of sp³-hybridized carbons (Fsp3) is 0.417. The highest BCUT2D eigenvalue weighted by Crippen LogP contribution is 2.28. The van der Waals surface area contributed by atoms with E-state index in [0.717, 1.165) is 14.5 Å². The highest BCUT2D eigenvalue weighted by atomic mass is 79.9. The van der Waals surface area contributed by atoms with Gasteiger partial charge in [0.25, 0.3) is 0 Å². The average Bonchev–Trinajstić information content (AvgIpc) is 2.10. The van der Waals surface area contributed by atoms with Gasteiger partial charge >= 0.3 is 5.97 Å². The van der Waals surface area contributed by atoms with Gasteiger partial charge in [-0.2, -0.15) is 0 Å². The minimum Gasteiger partial charge on any atom is -0.456 e. The van der Waals surface area contributed by atoms with E-state index in [9.17, 15) is 4.79 Å². The predicted molar refractivity (Wildman–Crippen MR) is 71.7 cm³/mol. The molecule has 1 aromatic rings. The van der Waals surface area contributed by atoms with Crippen LogP contribution in [0.15, 0.2) is 21.1 Å². The Morgan fingerprint density at radius 1 is 1.25 bits per heavy atom. The predicted octanol–water partition coefficient (Wildman–Crippen LogP) is 4.48. The molecule has 1 aromatic carbocycles. The topological polar surface area (TPSA) is 26.3 Å². The van der Waals surface area contributed by atoms with E-state index >= 15 is 0 Å². The monoisotopic (exact) mass is 348 g/mol. The highest BCUT2D eigenvalue weighted by molar-refractivity contribution is 9.13. The molecule has 2 nitrogen and oxygen atoms in total. The van der Waals surface area contributed by atoms with Gasteiger partial charge in [-0.05, 0) is 77.3 Å². The van der Waals surface area contributed by atoms with E-state index < -0.39 is 5.60 Å². The molecule has 4 heteroatoms. The lowest BCUT2D eigenvalue weighted by atomic mass is 10.1. The number of benzene rings is 1. The first kappa shape index (κ1) is 13.7. The summed E-state index contributed by atoms with van der Waals surface area (Å²) in [5.41, 5.74) is 1.09. The van der Waals surface area contributed by atoms with Crippen LogP contribution in [0, 0.1) is 6.92 Å². The van der Waals surface area contributed by atoms with Gasteiger partial charge in [0.15, 0.2) is 0 Å². The maximum absolute atomic E-state index is 11.8. The molecule has 0 bridgehead atoms. The third-order valence-corrected chi connectivity index (χ3v) is 4.05. The summed E-state index contributed by atoms with van der Waals surface area (Å²) in [5, 5.41) is 0. The van der Waals surface area contributed by atoms with Crippen molar-refractivity contribution in [2.24, 2.45) is 0 Å². The fourth-order valence-electron chi connectivity index (χ4n) is 1.18. The van der Waals surface area contributed by atoms with Gasteiger partial charge in [0.2, 0.25) is 0 Å². The van der Waals surface area contributed by atoms with Gasteiger partial charge in [-0.1, -0.05) is 0 Å². The van der Waals surface area contributed by atoms with Gasteiger partial charge < -0.3 is 4.74 Å². The molecule has 0 aliphatic carbocycles. The van der Waals surface area contributed by atoms with Crippen molar-refractivity contribution in [3.05, 3.63) is 32.2 Å². The summed E-state index contributed by atoms with van der Waals surface area (Å²) in [7, 11) is 0. The molecule has 0 heterocycles. The van der Waals surface area contributed by atoms with Crippen molar-refractivity contribution >= 4 is 37.8 Å². The number of hydrogen-bond donors (Lipinski definition) is 0. The molecule has 0 atom stereocenters. The summed E-state index contributed by atoms with van der Waals surface area (Å²) in [6.07, 6.45) is 0. The van der Waals surface area contributed by atoms with Crippen molar-refractivity contribution in [1.82, 2.24) is 0 Å². The van der Waals surface area contributed by atoms with Crippen LogP contribution in [-0.2, 0) is 4.74 Å². The van der Waals surface area contributed by atoms with E-state index in [2.05, 4.69) is 31.9 Å². The van der Waals surface area contributed by atoms with Crippen molar-refractivity contribution in [2.75, 3.05) is 0 Å². The second-order valence-corrected chi connectivity index (χ2v) is 6.24. The number of carbonyl (C=O) groups is 1. The lowest BCUT2D eigenvalue weighted by molar-refractivity contribution is 0.00693. The van der Waals surface area contributed by atoms with Crippen LogP contribution < -0.4 is 0 Å². The van der Waals surface area contributed by atoms with Crippen molar-refractivity contribution in [1.29, 1.82) is 0 Å². The quantitative estimate of drug-likeness (QED) is 0.699. The van der Waals surface area contributed by atoms with E-state index in [1.165, 1.54) is 0 Å². The molecule has 0 aliphatic rings. The standard InChI is InChI=1S/C12H14Br2O2/c1-7-5-8(6-9(13)10(7)14)11(15)16-12(2,3)4/h5-6H,1-4H3. The molecule has 0 amide bonds. The van der Waals surface area contributed by atoms with E-state index in [0.29, 0.717) is 5.56 Å². The first-order chi connectivity index (χ1) is 7.20. The normalized spacial score (nSPS) is 11.4. The van der Waals surface area contributed by atoms with E-state index in [-0.39, 0.29) is 5.97 Å². The molecule has 0 spiro atoms. The van der Waals surface area contributed by atoms with Crippen LogP contribution in [0.2, 0.25) is 0 Å². The van der Waals surface area contributed by atoms with Gasteiger partial charge in [-0.15, -0.1) is 0 Å². The molecular formula is C12H14Br2O2. The summed E-state index contributed by atoms with van der Waals surface area (Å²) in [4.78, 5) is 11.8. The number of aryl methyl sites for hydroxylation is 1. The molecule has 0 saturated heterocycles. The summed E-state index contributed by atoms with van der Waals surface area (Å²) < 4.78 is 7.11. The number of carbonyl (C=O) groups excluding carboxylic acids is 1. The van der Waals surface area contributed by atoms with Gasteiger partial charge in [-0.3, -0.25) is 0 Å². The summed E-state index contributed by atoms with van der Waals surface area (Å²) in [5.74, 6) is -0.302. The zero-order valence-corrected chi connectivity index (χ0v) is 12.9. The first-order valence-electron chi connectivity index (χ1n) is 4.90. The smallest absolute Gasteiger partial charge is 0.338 e. The zero-order chi connectivity index (χ0) is 12.5. The minimum absolute atomic E-state index is 0.302. The summed E-state index contributed by atoms with van der Waals surface area (Å²) in [6.45, 7) is 7.49.